The second kappa shape index (κ2) is 17.8. The number of allylic oxidation sites excluding steroid dienone is 5. The molecule has 4 nitrogen and oxygen atoms in total. The summed E-state index contributed by atoms with van der Waals surface area (Å²) in [5.74, 6) is 0. The summed E-state index contributed by atoms with van der Waals surface area (Å²) in [5.41, 5.74) is 21.8. The van der Waals surface area contributed by atoms with Crippen LogP contribution in [0.1, 0.15) is 22.3 Å². The van der Waals surface area contributed by atoms with Crippen LogP contribution in [-0.2, 0) is 5.41 Å². The lowest BCUT2D eigenvalue weighted by atomic mass is 9.71. The van der Waals surface area contributed by atoms with Crippen LogP contribution < -0.4 is 9.80 Å². The predicted octanol–water partition coefficient (Wildman–Crippen LogP) is 19.9. The molecule has 0 amide bonds. The fourth-order valence-electron chi connectivity index (χ4n) is 12.5. The van der Waals surface area contributed by atoms with E-state index in [9.17, 15) is 0 Å². The molecule has 0 radical (unpaired) electrons. The fraction of sp³-hybridized carbons (Fsp3) is 0.0137. The standard InChI is InChI=1S/C73H48N2O2/c1-2-3-22-62-59-42-39-56(74(52-35-31-50(32-36-52)48-18-6-4-7-19-48)54-40-43-70-63(45-54)60-25-12-16-29-68(60)76-70)47-67(59)73(65-27-14-10-23-57(65)58-24-11-15-28-66(58)73)72(62)75(53-37-33-51(34-38-53)49-20-8-5-9-21-49)55-41-44-71-64(46-55)61-26-13-17-30-69(61)77-71/h2-47H,1H2/b22-3-. The van der Waals surface area contributed by atoms with E-state index >= 15 is 0 Å². The number of hydrogen-bond donors (Lipinski definition) is 0. The SMILES string of the molecule is C=C/C=C\C1=C(N(c2ccc(-c3ccccc3)cc2)c2ccc3oc4ccccc4c3c2)C2(c3cc(N(c4ccc(-c5ccccc5)cc4)c4ccc5oc6ccccc6c5c4)ccc31)c1ccccc1-c1ccccc12. The van der Waals surface area contributed by atoms with Crippen LogP contribution in [0.15, 0.2) is 300 Å². The van der Waals surface area contributed by atoms with E-state index in [-0.39, 0.29) is 0 Å². The molecular weight excluding hydrogens is 937 g/mol. The molecule has 2 aromatic heterocycles. The van der Waals surface area contributed by atoms with Gasteiger partial charge < -0.3 is 18.6 Å². The van der Waals surface area contributed by atoms with Crippen molar-refractivity contribution in [3.05, 3.63) is 314 Å². The quantitative estimate of drug-likeness (QED) is 0.128. The summed E-state index contributed by atoms with van der Waals surface area (Å²) >= 11 is 0. The van der Waals surface area contributed by atoms with Crippen molar-refractivity contribution in [1.82, 2.24) is 0 Å². The highest BCUT2D eigenvalue weighted by Crippen LogP contribution is 2.65. The average molecular weight is 985 g/mol. The molecule has 0 bridgehead atoms. The number of benzene rings is 11. The molecule has 1 spiro atoms. The zero-order valence-electron chi connectivity index (χ0n) is 42.0. The Balaban J connectivity index is 1.02. The predicted molar refractivity (Wildman–Crippen MR) is 320 cm³/mol. The molecule has 4 heteroatoms. The number of fused-ring (bicyclic) bond motifs is 13. The van der Waals surface area contributed by atoms with Crippen LogP contribution >= 0.6 is 0 Å². The molecule has 13 aromatic rings. The lowest BCUT2D eigenvalue weighted by Crippen LogP contribution is -2.36. The van der Waals surface area contributed by atoms with E-state index in [0.29, 0.717) is 0 Å². The molecule has 2 aliphatic carbocycles. The highest BCUT2D eigenvalue weighted by atomic mass is 16.3. The maximum atomic E-state index is 6.51. The number of rotatable bonds is 10. The molecule has 0 N–H and O–H groups in total. The van der Waals surface area contributed by atoms with Crippen molar-refractivity contribution in [2.45, 2.75) is 5.41 Å². The monoisotopic (exact) mass is 984 g/mol. The minimum Gasteiger partial charge on any atom is -0.456 e. The van der Waals surface area contributed by atoms with E-state index in [1.54, 1.807) is 0 Å². The minimum absolute atomic E-state index is 0.821. The maximum Gasteiger partial charge on any atom is 0.135 e. The van der Waals surface area contributed by atoms with Crippen LogP contribution in [0.5, 0.6) is 0 Å². The Kier molecular flexibility index (Phi) is 10.2. The summed E-state index contributed by atoms with van der Waals surface area (Å²) < 4.78 is 12.9. The number of para-hydroxylation sites is 2. The lowest BCUT2D eigenvalue weighted by molar-refractivity contribution is 0.668. The van der Waals surface area contributed by atoms with Gasteiger partial charge in [-0.25, -0.2) is 0 Å². The Morgan fingerprint density at radius 2 is 0.740 bits per heavy atom. The van der Waals surface area contributed by atoms with Crippen LogP contribution in [0, 0.1) is 0 Å². The van der Waals surface area contributed by atoms with Gasteiger partial charge in [0.1, 0.15) is 22.3 Å². The van der Waals surface area contributed by atoms with Gasteiger partial charge in [-0.15, -0.1) is 0 Å². The van der Waals surface area contributed by atoms with E-state index in [2.05, 4.69) is 271 Å². The minimum atomic E-state index is -0.821. The van der Waals surface area contributed by atoms with Gasteiger partial charge >= 0.3 is 0 Å². The number of anilines is 5. The van der Waals surface area contributed by atoms with Gasteiger partial charge in [0.25, 0.3) is 0 Å². The van der Waals surface area contributed by atoms with Crippen molar-refractivity contribution in [2.75, 3.05) is 9.80 Å². The summed E-state index contributed by atoms with van der Waals surface area (Å²) in [4.78, 5) is 4.93. The Labute approximate surface area is 446 Å². The molecule has 2 aliphatic rings. The topological polar surface area (TPSA) is 32.8 Å². The normalized spacial score (nSPS) is 13.2. The third-order valence-electron chi connectivity index (χ3n) is 15.8. The first-order chi connectivity index (χ1) is 38.1. The summed E-state index contributed by atoms with van der Waals surface area (Å²) in [5, 5.41) is 4.29. The Bertz CT molecular complexity index is 4480. The van der Waals surface area contributed by atoms with Gasteiger partial charge in [-0.3, -0.25) is 0 Å². The van der Waals surface area contributed by atoms with Crippen molar-refractivity contribution in [3.63, 3.8) is 0 Å². The fourth-order valence-corrected chi connectivity index (χ4v) is 12.5. The van der Waals surface area contributed by atoms with E-state index in [1.165, 1.54) is 38.9 Å². The maximum absolute atomic E-state index is 6.51. The van der Waals surface area contributed by atoms with Gasteiger partial charge in [-0.05, 0) is 141 Å². The first-order valence-corrected chi connectivity index (χ1v) is 26.3. The van der Waals surface area contributed by atoms with Gasteiger partial charge in [0.15, 0.2) is 0 Å². The molecule has 0 saturated carbocycles. The van der Waals surface area contributed by atoms with Gasteiger partial charge in [0.2, 0.25) is 0 Å². The van der Waals surface area contributed by atoms with Crippen LogP contribution in [0.2, 0.25) is 0 Å². The molecule has 0 atom stereocenters. The average Bonchev–Trinajstić information content (AvgIpc) is 3.00. The second-order valence-electron chi connectivity index (χ2n) is 20.0. The number of nitrogens with zero attached hydrogens (tertiary/aromatic N) is 2. The third-order valence-corrected chi connectivity index (χ3v) is 15.8. The molecule has 2 heterocycles. The zero-order chi connectivity index (χ0) is 51.0. The molecule has 77 heavy (non-hydrogen) atoms. The molecular formula is C73H48N2O2. The van der Waals surface area contributed by atoms with Crippen LogP contribution in [0.3, 0.4) is 0 Å². The van der Waals surface area contributed by atoms with E-state index < -0.39 is 5.41 Å². The highest BCUT2D eigenvalue weighted by molar-refractivity contribution is 6.09. The van der Waals surface area contributed by atoms with Gasteiger partial charge in [-0.2, -0.15) is 0 Å². The van der Waals surface area contributed by atoms with Crippen LogP contribution in [-0.4, -0.2) is 0 Å². The molecule has 0 saturated heterocycles. The summed E-state index contributed by atoms with van der Waals surface area (Å²) in [6.45, 7) is 4.24. The lowest BCUT2D eigenvalue weighted by Gasteiger charge is -2.40. The van der Waals surface area contributed by atoms with Gasteiger partial charge in [-0.1, -0.05) is 201 Å². The molecule has 362 valence electrons. The molecule has 0 fully saturated rings. The van der Waals surface area contributed by atoms with E-state index in [0.717, 1.165) is 100 Å². The summed E-state index contributed by atoms with van der Waals surface area (Å²) in [6.07, 6.45) is 6.25. The van der Waals surface area contributed by atoms with Crippen molar-refractivity contribution in [2.24, 2.45) is 0 Å². The van der Waals surface area contributed by atoms with Gasteiger partial charge in [0, 0.05) is 55.6 Å². The summed E-state index contributed by atoms with van der Waals surface area (Å²) in [6, 6.07) is 94.4. The van der Waals surface area contributed by atoms with Crippen LogP contribution in [0.25, 0.3) is 82.8 Å². The number of furan rings is 2. The first kappa shape index (κ1) is 44.3. The van der Waals surface area contributed by atoms with Crippen molar-refractivity contribution in [1.29, 1.82) is 0 Å². The molecule has 15 rings (SSSR count). The van der Waals surface area contributed by atoms with Crippen LogP contribution in [0.4, 0.5) is 28.4 Å². The third kappa shape index (κ3) is 6.93. The van der Waals surface area contributed by atoms with Gasteiger partial charge in [0.05, 0.1) is 11.1 Å². The first-order valence-electron chi connectivity index (χ1n) is 26.3. The largest absolute Gasteiger partial charge is 0.456 e. The Morgan fingerprint density at radius 3 is 1.29 bits per heavy atom. The highest BCUT2D eigenvalue weighted by Gasteiger charge is 2.55. The Hall–Kier alpha value is -10.2. The summed E-state index contributed by atoms with van der Waals surface area (Å²) in [7, 11) is 0. The smallest absolute Gasteiger partial charge is 0.135 e. The Morgan fingerprint density at radius 1 is 0.325 bits per heavy atom. The van der Waals surface area contributed by atoms with Crippen molar-refractivity contribution in [3.8, 4) is 33.4 Å². The van der Waals surface area contributed by atoms with E-state index in [1.807, 2.05) is 24.3 Å². The second-order valence-corrected chi connectivity index (χ2v) is 20.0. The molecule has 11 aromatic carbocycles. The zero-order valence-corrected chi connectivity index (χ0v) is 42.0. The molecule has 0 aliphatic heterocycles. The van der Waals surface area contributed by atoms with Crippen molar-refractivity contribution >= 4 is 77.9 Å². The van der Waals surface area contributed by atoms with Crippen molar-refractivity contribution < 1.29 is 8.83 Å². The van der Waals surface area contributed by atoms with E-state index in [4.69, 9.17) is 8.83 Å². The number of hydrogen-bond acceptors (Lipinski definition) is 4. The molecule has 0 unspecified atom stereocenters.